The molecule has 1 heterocycles. The smallest absolute Gasteiger partial charge is 0.0897 e. The molecule has 0 aromatic carbocycles. The van der Waals surface area contributed by atoms with E-state index in [2.05, 4.69) is 24.2 Å². The summed E-state index contributed by atoms with van der Waals surface area (Å²) in [7, 11) is 2.19. The average molecular weight is 284 g/mol. The molecule has 0 radical (unpaired) electrons. The molecule has 1 aliphatic heterocycles. The molecule has 2 aliphatic rings. The van der Waals surface area contributed by atoms with Crippen LogP contribution in [0.3, 0.4) is 0 Å². The van der Waals surface area contributed by atoms with Crippen molar-refractivity contribution < 1.29 is 9.84 Å². The molecule has 0 bridgehead atoms. The van der Waals surface area contributed by atoms with Crippen molar-refractivity contribution in [2.75, 3.05) is 26.7 Å². The zero-order valence-corrected chi connectivity index (χ0v) is 13.2. The number of hydrogen-bond donors (Lipinski definition) is 2. The SMILES string of the molecule is CC1CC(NCC(O)COC2CCCCC2)CCN1C. The third kappa shape index (κ3) is 5.32. The molecule has 0 aromatic rings. The van der Waals surface area contributed by atoms with Crippen LogP contribution in [0.25, 0.3) is 0 Å². The van der Waals surface area contributed by atoms with Crippen LogP contribution in [0.4, 0.5) is 0 Å². The van der Waals surface area contributed by atoms with Crippen LogP contribution in [-0.2, 0) is 4.74 Å². The minimum atomic E-state index is -0.369. The van der Waals surface area contributed by atoms with Crippen molar-refractivity contribution in [1.82, 2.24) is 10.2 Å². The van der Waals surface area contributed by atoms with E-state index < -0.39 is 0 Å². The van der Waals surface area contributed by atoms with Crippen LogP contribution >= 0.6 is 0 Å². The second-order valence-corrected chi connectivity index (χ2v) is 6.71. The first-order valence-corrected chi connectivity index (χ1v) is 8.38. The third-order valence-corrected chi connectivity index (χ3v) is 4.93. The third-order valence-electron chi connectivity index (χ3n) is 4.93. The Bertz CT molecular complexity index is 269. The van der Waals surface area contributed by atoms with Gasteiger partial charge in [-0.05, 0) is 46.2 Å². The highest BCUT2D eigenvalue weighted by Crippen LogP contribution is 2.20. The largest absolute Gasteiger partial charge is 0.389 e. The Morgan fingerprint density at radius 1 is 1.25 bits per heavy atom. The number of aliphatic hydroxyl groups excluding tert-OH is 1. The predicted octanol–water partition coefficient (Wildman–Crippen LogP) is 1.77. The molecule has 0 aromatic heterocycles. The molecule has 2 rings (SSSR count). The summed E-state index contributed by atoms with van der Waals surface area (Å²) in [4.78, 5) is 2.40. The van der Waals surface area contributed by atoms with Gasteiger partial charge in [0.2, 0.25) is 0 Å². The highest BCUT2D eigenvalue weighted by molar-refractivity contribution is 4.81. The van der Waals surface area contributed by atoms with Crippen molar-refractivity contribution in [3.63, 3.8) is 0 Å². The normalized spacial score (nSPS) is 31.4. The molecule has 0 amide bonds. The first-order valence-electron chi connectivity index (χ1n) is 8.38. The molecule has 2 N–H and O–H groups in total. The molecular weight excluding hydrogens is 252 g/mol. The number of likely N-dealkylation sites (tertiary alicyclic amines) is 1. The van der Waals surface area contributed by atoms with Crippen LogP contribution in [0.5, 0.6) is 0 Å². The van der Waals surface area contributed by atoms with Crippen molar-refractivity contribution in [1.29, 1.82) is 0 Å². The van der Waals surface area contributed by atoms with E-state index in [1.807, 2.05) is 0 Å². The topological polar surface area (TPSA) is 44.7 Å². The summed E-state index contributed by atoms with van der Waals surface area (Å²) in [5.74, 6) is 0. The lowest BCUT2D eigenvalue weighted by Crippen LogP contribution is -2.47. The monoisotopic (exact) mass is 284 g/mol. The van der Waals surface area contributed by atoms with Gasteiger partial charge in [0.25, 0.3) is 0 Å². The average Bonchev–Trinajstić information content (AvgIpc) is 2.47. The highest BCUT2D eigenvalue weighted by Gasteiger charge is 2.23. The summed E-state index contributed by atoms with van der Waals surface area (Å²) in [6, 6.07) is 1.18. The van der Waals surface area contributed by atoms with Gasteiger partial charge in [-0.25, -0.2) is 0 Å². The fourth-order valence-electron chi connectivity index (χ4n) is 3.32. The molecule has 118 valence electrons. The van der Waals surface area contributed by atoms with Crippen molar-refractivity contribution in [2.45, 2.75) is 76.2 Å². The highest BCUT2D eigenvalue weighted by atomic mass is 16.5. The van der Waals surface area contributed by atoms with Crippen LogP contribution in [0.1, 0.15) is 51.9 Å². The van der Waals surface area contributed by atoms with Crippen molar-refractivity contribution in [3.8, 4) is 0 Å². The summed E-state index contributed by atoms with van der Waals surface area (Å²) in [5.41, 5.74) is 0. The number of rotatable bonds is 6. The van der Waals surface area contributed by atoms with E-state index in [1.54, 1.807) is 0 Å². The maximum Gasteiger partial charge on any atom is 0.0897 e. The maximum absolute atomic E-state index is 10.0. The summed E-state index contributed by atoms with van der Waals surface area (Å²) >= 11 is 0. The van der Waals surface area contributed by atoms with Crippen LogP contribution in [0, 0.1) is 0 Å². The molecule has 1 aliphatic carbocycles. The van der Waals surface area contributed by atoms with E-state index in [-0.39, 0.29) is 6.10 Å². The lowest BCUT2D eigenvalue weighted by Gasteiger charge is -2.35. The van der Waals surface area contributed by atoms with Crippen LogP contribution in [-0.4, -0.2) is 61.0 Å². The predicted molar refractivity (Wildman–Crippen MR) is 81.9 cm³/mol. The van der Waals surface area contributed by atoms with Gasteiger partial charge in [-0.15, -0.1) is 0 Å². The van der Waals surface area contributed by atoms with E-state index in [4.69, 9.17) is 4.74 Å². The minimum absolute atomic E-state index is 0.369. The molecule has 1 saturated heterocycles. The van der Waals surface area contributed by atoms with Gasteiger partial charge in [-0.3, -0.25) is 0 Å². The van der Waals surface area contributed by atoms with Gasteiger partial charge in [-0.2, -0.15) is 0 Å². The Labute approximate surface area is 123 Å². The molecule has 2 fully saturated rings. The number of ether oxygens (including phenoxy) is 1. The summed E-state index contributed by atoms with van der Waals surface area (Å²) in [5, 5.41) is 13.5. The Hall–Kier alpha value is -0.160. The summed E-state index contributed by atoms with van der Waals surface area (Å²) < 4.78 is 5.82. The van der Waals surface area contributed by atoms with Crippen molar-refractivity contribution >= 4 is 0 Å². The summed E-state index contributed by atoms with van der Waals surface area (Å²) in [6.07, 6.45) is 8.63. The van der Waals surface area contributed by atoms with Gasteiger partial charge in [-0.1, -0.05) is 19.3 Å². The molecule has 4 heteroatoms. The molecular formula is C16H32N2O2. The maximum atomic E-state index is 10.0. The number of piperidine rings is 1. The Balaban J connectivity index is 1.56. The van der Waals surface area contributed by atoms with Gasteiger partial charge in [0.15, 0.2) is 0 Å². The molecule has 0 spiro atoms. The Kier molecular flexibility index (Phi) is 6.75. The fourth-order valence-corrected chi connectivity index (χ4v) is 3.32. The van der Waals surface area contributed by atoms with E-state index in [0.29, 0.717) is 31.3 Å². The Morgan fingerprint density at radius 2 is 2.00 bits per heavy atom. The van der Waals surface area contributed by atoms with Gasteiger partial charge in [0.05, 0.1) is 18.8 Å². The van der Waals surface area contributed by atoms with Crippen LogP contribution < -0.4 is 5.32 Å². The van der Waals surface area contributed by atoms with Crippen LogP contribution in [0.2, 0.25) is 0 Å². The fraction of sp³-hybridized carbons (Fsp3) is 1.00. The molecule has 3 unspecified atom stereocenters. The molecule has 4 nitrogen and oxygen atoms in total. The van der Waals surface area contributed by atoms with Crippen molar-refractivity contribution in [2.24, 2.45) is 0 Å². The van der Waals surface area contributed by atoms with Crippen molar-refractivity contribution in [3.05, 3.63) is 0 Å². The molecule has 20 heavy (non-hydrogen) atoms. The lowest BCUT2D eigenvalue weighted by atomic mass is 9.98. The second-order valence-electron chi connectivity index (χ2n) is 6.71. The van der Waals surface area contributed by atoms with Gasteiger partial charge < -0.3 is 20.1 Å². The van der Waals surface area contributed by atoms with E-state index >= 15 is 0 Å². The van der Waals surface area contributed by atoms with E-state index in [0.717, 1.165) is 6.54 Å². The first-order chi connectivity index (χ1) is 9.65. The lowest BCUT2D eigenvalue weighted by molar-refractivity contribution is -0.0242. The molecule has 3 atom stereocenters. The molecule has 1 saturated carbocycles. The Morgan fingerprint density at radius 3 is 2.70 bits per heavy atom. The zero-order chi connectivity index (χ0) is 14.4. The standard InChI is InChI=1S/C16H32N2O2/c1-13-10-14(8-9-18(13)2)17-11-15(19)12-20-16-6-4-3-5-7-16/h13-17,19H,3-12H2,1-2H3. The van der Waals surface area contributed by atoms with Gasteiger partial charge in [0.1, 0.15) is 0 Å². The van der Waals surface area contributed by atoms with Gasteiger partial charge >= 0.3 is 0 Å². The number of aliphatic hydroxyl groups is 1. The van der Waals surface area contributed by atoms with Gasteiger partial charge in [0, 0.05) is 18.6 Å². The van der Waals surface area contributed by atoms with E-state index in [9.17, 15) is 5.11 Å². The zero-order valence-electron chi connectivity index (χ0n) is 13.2. The number of hydrogen-bond acceptors (Lipinski definition) is 4. The minimum Gasteiger partial charge on any atom is -0.389 e. The second kappa shape index (κ2) is 8.32. The first kappa shape index (κ1) is 16.2. The quantitative estimate of drug-likeness (QED) is 0.780. The number of nitrogens with one attached hydrogen (secondary N) is 1. The van der Waals surface area contributed by atoms with Crippen LogP contribution in [0.15, 0.2) is 0 Å². The summed E-state index contributed by atoms with van der Waals surface area (Å²) in [6.45, 7) is 4.57. The number of nitrogens with zero attached hydrogens (tertiary/aromatic N) is 1. The van der Waals surface area contributed by atoms with E-state index in [1.165, 1.54) is 44.9 Å².